The number of benzene rings is 2. The molecule has 0 amide bonds. The third-order valence-electron chi connectivity index (χ3n) is 3.05. The Kier molecular flexibility index (Phi) is 4.14. The molecule has 0 atom stereocenters. The molecule has 0 aliphatic heterocycles. The zero-order valence-electron chi connectivity index (χ0n) is 11.8. The minimum atomic E-state index is -4.04. The Bertz CT molecular complexity index is 850. The van der Waals surface area contributed by atoms with Gasteiger partial charge in [0, 0.05) is 6.07 Å². The monoisotopic (exact) mass is 324 g/mol. The van der Waals surface area contributed by atoms with Gasteiger partial charge in [-0.2, -0.15) is 4.39 Å². The first-order valence-electron chi connectivity index (χ1n) is 6.25. The van der Waals surface area contributed by atoms with Gasteiger partial charge in [-0.25, -0.2) is 8.42 Å². The lowest BCUT2D eigenvalue weighted by Crippen LogP contribution is -2.14. The molecule has 0 saturated carbocycles. The van der Waals surface area contributed by atoms with E-state index in [-0.39, 0.29) is 4.90 Å². The summed E-state index contributed by atoms with van der Waals surface area (Å²) in [6.07, 6.45) is 0. The second kappa shape index (κ2) is 5.72. The van der Waals surface area contributed by atoms with E-state index in [1.54, 1.807) is 25.1 Å². The maximum atomic E-state index is 13.3. The fourth-order valence-corrected chi connectivity index (χ4v) is 3.08. The van der Waals surface area contributed by atoms with Crippen molar-refractivity contribution in [3.05, 3.63) is 63.5 Å². The Balaban J connectivity index is 2.42. The van der Waals surface area contributed by atoms with Crippen LogP contribution in [0.25, 0.3) is 0 Å². The first-order chi connectivity index (χ1) is 10.2. The molecule has 0 heterocycles. The lowest BCUT2D eigenvalue weighted by Gasteiger charge is -2.11. The quantitative estimate of drug-likeness (QED) is 0.691. The Labute approximate surface area is 126 Å². The van der Waals surface area contributed by atoms with Gasteiger partial charge in [0.15, 0.2) is 0 Å². The van der Waals surface area contributed by atoms with Crippen LogP contribution in [0.1, 0.15) is 11.1 Å². The molecule has 2 aromatic carbocycles. The predicted octanol–water partition coefficient (Wildman–Crippen LogP) is 3.15. The number of halogens is 1. The highest BCUT2D eigenvalue weighted by atomic mass is 32.2. The number of nitro groups is 1. The normalized spacial score (nSPS) is 11.2. The average Bonchev–Trinajstić information content (AvgIpc) is 2.42. The molecule has 0 aromatic heterocycles. The van der Waals surface area contributed by atoms with Gasteiger partial charge in [0.05, 0.1) is 15.5 Å². The third-order valence-corrected chi connectivity index (χ3v) is 4.41. The summed E-state index contributed by atoms with van der Waals surface area (Å²) in [6, 6.07) is 7.56. The molecule has 116 valence electrons. The van der Waals surface area contributed by atoms with Crippen molar-refractivity contribution in [3.63, 3.8) is 0 Å². The van der Waals surface area contributed by atoms with E-state index in [1.165, 1.54) is 0 Å². The summed E-state index contributed by atoms with van der Waals surface area (Å²) in [7, 11) is -4.04. The van der Waals surface area contributed by atoms with Crippen molar-refractivity contribution in [2.75, 3.05) is 4.72 Å². The van der Waals surface area contributed by atoms with Crippen LogP contribution in [0.4, 0.5) is 15.8 Å². The summed E-state index contributed by atoms with van der Waals surface area (Å²) < 4.78 is 40.2. The third kappa shape index (κ3) is 3.22. The minimum absolute atomic E-state index is 0.359. The standard InChI is InChI=1S/C14H13FN2O4S/c1-9-3-6-13(10(2)7-9)16-22(20,21)11-4-5-12(15)14(8-11)17(18)19/h3-8,16H,1-2H3. The van der Waals surface area contributed by atoms with Crippen LogP contribution >= 0.6 is 0 Å². The van der Waals surface area contributed by atoms with E-state index in [9.17, 15) is 22.9 Å². The summed E-state index contributed by atoms with van der Waals surface area (Å²) in [6.45, 7) is 3.60. The van der Waals surface area contributed by atoms with Crippen LogP contribution in [0.5, 0.6) is 0 Å². The highest BCUT2D eigenvalue weighted by Gasteiger charge is 2.22. The van der Waals surface area contributed by atoms with E-state index in [2.05, 4.69) is 4.72 Å². The summed E-state index contributed by atoms with van der Waals surface area (Å²) >= 11 is 0. The molecule has 0 bridgehead atoms. The topological polar surface area (TPSA) is 89.3 Å². The zero-order chi connectivity index (χ0) is 16.5. The van der Waals surface area contributed by atoms with Crippen molar-refractivity contribution in [3.8, 4) is 0 Å². The first kappa shape index (κ1) is 15.9. The number of nitro benzene ring substituents is 1. The largest absolute Gasteiger partial charge is 0.306 e. The minimum Gasteiger partial charge on any atom is -0.279 e. The van der Waals surface area contributed by atoms with E-state index < -0.39 is 26.5 Å². The van der Waals surface area contributed by atoms with E-state index >= 15 is 0 Å². The molecule has 8 heteroatoms. The van der Waals surface area contributed by atoms with E-state index in [4.69, 9.17) is 0 Å². The van der Waals surface area contributed by atoms with E-state index in [0.29, 0.717) is 17.3 Å². The molecule has 0 saturated heterocycles. The number of aryl methyl sites for hydroxylation is 2. The van der Waals surface area contributed by atoms with Crippen molar-refractivity contribution < 1.29 is 17.7 Å². The molecule has 2 aromatic rings. The predicted molar refractivity (Wildman–Crippen MR) is 79.8 cm³/mol. The number of sulfonamides is 1. The molecule has 2 rings (SSSR count). The maximum Gasteiger partial charge on any atom is 0.306 e. The molecule has 0 aliphatic rings. The number of nitrogens with zero attached hydrogens (tertiary/aromatic N) is 1. The van der Waals surface area contributed by atoms with Crippen molar-refractivity contribution in [2.45, 2.75) is 18.7 Å². The number of hydrogen-bond donors (Lipinski definition) is 1. The van der Waals surface area contributed by atoms with Gasteiger partial charge < -0.3 is 0 Å². The SMILES string of the molecule is Cc1ccc(NS(=O)(=O)c2ccc(F)c([N+](=O)[O-])c2)c(C)c1. The number of nitrogens with one attached hydrogen (secondary N) is 1. The fourth-order valence-electron chi connectivity index (χ4n) is 1.93. The maximum absolute atomic E-state index is 13.3. The van der Waals surface area contributed by atoms with Crippen LogP contribution in [0.15, 0.2) is 41.3 Å². The van der Waals surface area contributed by atoms with Gasteiger partial charge in [0.2, 0.25) is 5.82 Å². The fraction of sp³-hybridized carbons (Fsp3) is 0.143. The lowest BCUT2D eigenvalue weighted by molar-refractivity contribution is -0.387. The second-order valence-corrected chi connectivity index (χ2v) is 6.48. The highest BCUT2D eigenvalue weighted by Crippen LogP contribution is 2.24. The number of rotatable bonds is 4. The van der Waals surface area contributed by atoms with Gasteiger partial charge in [0.25, 0.3) is 10.0 Å². The molecular formula is C14H13FN2O4S. The van der Waals surface area contributed by atoms with Crippen LogP contribution < -0.4 is 4.72 Å². The Hall–Kier alpha value is -2.48. The average molecular weight is 324 g/mol. The van der Waals surface area contributed by atoms with Gasteiger partial charge >= 0.3 is 5.69 Å². The number of hydrogen-bond acceptors (Lipinski definition) is 4. The lowest BCUT2D eigenvalue weighted by atomic mass is 10.1. The molecule has 0 radical (unpaired) electrons. The molecule has 22 heavy (non-hydrogen) atoms. The molecule has 0 unspecified atom stereocenters. The van der Waals surface area contributed by atoms with Gasteiger partial charge in [-0.3, -0.25) is 14.8 Å². The molecule has 0 fully saturated rings. The van der Waals surface area contributed by atoms with Crippen LogP contribution in [0.2, 0.25) is 0 Å². The van der Waals surface area contributed by atoms with Crippen LogP contribution in [-0.4, -0.2) is 13.3 Å². The summed E-state index contributed by atoms with van der Waals surface area (Å²) in [4.78, 5) is 9.36. The highest BCUT2D eigenvalue weighted by molar-refractivity contribution is 7.92. The zero-order valence-corrected chi connectivity index (χ0v) is 12.6. The molecular weight excluding hydrogens is 311 g/mol. The summed E-state index contributed by atoms with van der Waals surface area (Å²) in [5.74, 6) is -1.09. The van der Waals surface area contributed by atoms with E-state index in [0.717, 1.165) is 17.7 Å². The summed E-state index contributed by atoms with van der Waals surface area (Å²) in [5.41, 5.74) is 1.15. The molecule has 6 nitrogen and oxygen atoms in total. The smallest absolute Gasteiger partial charge is 0.279 e. The van der Waals surface area contributed by atoms with Crippen LogP contribution in [0, 0.1) is 29.8 Å². The number of anilines is 1. The van der Waals surface area contributed by atoms with Crippen molar-refractivity contribution >= 4 is 21.4 Å². The van der Waals surface area contributed by atoms with Gasteiger partial charge in [-0.1, -0.05) is 17.7 Å². The Morgan fingerprint density at radius 3 is 2.41 bits per heavy atom. The Morgan fingerprint density at radius 2 is 1.82 bits per heavy atom. The van der Waals surface area contributed by atoms with Crippen LogP contribution in [0.3, 0.4) is 0 Å². The van der Waals surface area contributed by atoms with E-state index in [1.807, 2.05) is 6.92 Å². The van der Waals surface area contributed by atoms with Crippen molar-refractivity contribution in [1.82, 2.24) is 0 Å². The summed E-state index contributed by atoms with van der Waals surface area (Å²) in [5, 5.41) is 10.7. The van der Waals surface area contributed by atoms with Crippen LogP contribution in [-0.2, 0) is 10.0 Å². The Morgan fingerprint density at radius 1 is 1.14 bits per heavy atom. The van der Waals surface area contributed by atoms with Crippen molar-refractivity contribution in [1.29, 1.82) is 0 Å². The van der Waals surface area contributed by atoms with Gasteiger partial charge in [0.1, 0.15) is 0 Å². The second-order valence-electron chi connectivity index (χ2n) is 4.79. The molecule has 1 N–H and O–H groups in total. The molecule has 0 aliphatic carbocycles. The first-order valence-corrected chi connectivity index (χ1v) is 7.73. The van der Waals surface area contributed by atoms with Gasteiger partial charge in [-0.05, 0) is 37.6 Å². The van der Waals surface area contributed by atoms with Crippen molar-refractivity contribution in [2.24, 2.45) is 0 Å². The molecule has 0 spiro atoms. The van der Waals surface area contributed by atoms with Gasteiger partial charge in [-0.15, -0.1) is 0 Å².